The second-order valence-electron chi connectivity index (χ2n) is 5.46. The molecule has 120 valence electrons. The van der Waals surface area contributed by atoms with E-state index in [1.807, 2.05) is 42.8 Å². The third-order valence-corrected chi connectivity index (χ3v) is 4.17. The first-order valence-electron chi connectivity index (χ1n) is 7.42. The summed E-state index contributed by atoms with van der Waals surface area (Å²) in [5.74, 6) is 2.03. The lowest BCUT2D eigenvalue weighted by atomic mass is 10.2. The SMILES string of the molecule is Cc1oc(-c2ccsc2)nc1CC(=O)N[C@@H](C)Cc1ccco1. The van der Waals surface area contributed by atoms with Gasteiger partial charge < -0.3 is 14.2 Å². The monoisotopic (exact) mass is 330 g/mol. The van der Waals surface area contributed by atoms with Crippen molar-refractivity contribution < 1.29 is 13.6 Å². The fourth-order valence-corrected chi connectivity index (χ4v) is 2.99. The number of oxazole rings is 1. The highest BCUT2D eigenvalue weighted by molar-refractivity contribution is 7.08. The number of rotatable bonds is 6. The van der Waals surface area contributed by atoms with Crippen molar-refractivity contribution in [3.63, 3.8) is 0 Å². The van der Waals surface area contributed by atoms with Crippen molar-refractivity contribution in [2.24, 2.45) is 0 Å². The molecule has 3 aromatic heterocycles. The summed E-state index contributed by atoms with van der Waals surface area (Å²) in [6.45, 7) is 3.78. The van der Waals surface area contributed by atoms with Crippen molar-refractivity contribution >= 4 is 17.2 Å². The lowest BCUT2D eigenvalue weighted by Crippen LogP contribution is -2.35. The summed E-state index contributed by atoms with van der Waals surface area (Å²) < 4.78 is 10.9. The first-order valence-corrected chi connectivity index (χ1v) is 8.36. The number of aryl methyl sites for hydroxylation is 1. The Morgan fingerprint density at radius 2 is 2.30 bits per heavy atom. The number of nitrogens with one attached hydrogen (secondary N) is 1. The maximum absolute atomic E-state index is 12.2. The van der Waals surface area contributed by atoms with E-state index >= 15 is 0 Å². The maximum Gasteiger partial charge on any atom is 0.227 e. The van der Waals surface area contributed by atoms with E-state index in [0.717, 1.165) is 11.3 Å². The van der Waals surface area contributed by atoms with E-state index in [9.17, 15) is 4.79 Å². The van der Waals surface area contributed by atoms with Crippen molar-refractivity contribution in [3.8, 4) is 11.5 Å². The molecule has 1 amide bonds. The molecule has 1 N–H and O–H groups in total. The Balaban J connectivity index is 1.59. The van der Waals surface area contributed by atoms with Gasteiger partial charge in [-0.1, -0.05) is 0 Å². The van der Waals surface area contributed by atoms with E-state index in [0.29, 0.717) is 23.8 Å². The number of carbonyl (C=O) groups excluding carboxylic acids is 1. The van der Waals surface area contributed by atoms with E-state index < -0.39 is 0 Å². The van der Waals surface area contributed by atoms with Crippen LogP contribution in [0.1, 0.15) is 24.1 Å². The van der Waals surface area contributed by atoms with Crippen LogP contribution in [0.5, 0.6) is 0 Å². The molecule has 0 bridgehead atoms. The summed E-state index contributed by atoms with van der Waals surface area (Å²) in [5, 5.41) is 6.90. The molecule has 23 heavy (non-hydrogen) atoms. The number of nitrogens with zero attached hydrogens (tertiary/aromatic N) is 1. The van der Waals surface area contributed by atoms with Crippen LogP contribution >= 0.6 is 11.3 Å². The average molecular weight is 330 g/mol. The number of carbonyl (C=O) groups is 1. The van der Waals surface area contributed by atoms with Crippen molar-refractivity contribution in [3.05, 3.63) is 52.4 Å². The van der Waals surface area contributed by atoms with Crippen molar-refractivity contribution in [1.29, 1.82) is 0 Å². The standard InChI is InChI=1S/C17H18N2O3S/c1-11(8-14-4-3-6-21-14)18-16(20)9-15-12(2)22-17(19-15)13-5-7-23-10-13/h3-7,10-11H,8-9H2,1-2H3,(H,18,20)/t11-/m0/s1. The van der Waals surface area contributed by atoms with Gasteiger partial charge in [0.15, 0.2) is 0 Å². The quantitative estimate of drug-likeness (QED) is 0.750. The van der Waals surface area contributed by atoms with Gasteiger partial charge in [-0.25, -0.2) is 4.98 Å². The van der Waals surface area contributed by atoms with Gasteiger partial charge in [-0.15, -0.1) is 0 Å². The minimum atomic E-state index is -0.0719. The highest BCUT2D eigenvalue weighted by Crippen LogP contribution is 2.24. The van der Waals surface area contributed by atoms with E-state index in [-0.39, 0.29) is 18.4 Å². The zero-order valence-corrected chi connectivity index (χ0v) is 13.9. The molecule has 0 radical (unpaired) electrons. The van der Waals surface area contributed by atoms with Crippen LogP contribution in [0.4, 0.5) is 0 Å². The number of aromatic nitrogens is 1. The van der Waals surface area contributed by atoms with Crippen LogP contribution in [0.3, 0.4) is 0 Å². The van der Waals surface area contributed by atoms with Gasteiger partial charge in [0, 0.05) is 23.4 Å². The van der Waals surface area contributed by atoms with Crippen LogP contribution < -0.4 is 5.32 Å². The molecule has 6 heteroatoms. The van der Waals surface area contributed by atoms with E-state index in [1.165, 1.54) is 0 Å². The highest BCUT2D eigenvalue weighted by Gasteiger charge is 2.16. The van der Waals surface area contributed by atoms with Crippen molar-refractivity contribution in [2.45, 2.75) is 32.7 Å². The summed E-state index contributed by atoms with van der Waals surface area (Å²) >= 11 is 1.59. The minimum absolute atomic E-state index is 0.00259. The molecule has 0 spiro atoms. The first kappa shape index (κ1) is 15.6. The molecule has 0 unspecified atom stereocenters. The van der Waals surface area contributed by atoms with Gasteiger partial charge in [0.1, 0.15) is 11.5 Å². The molecular formula is C17H18N2O3S. The topological polar surface area (TPSA) is 68.3 Å². The molecule has 5 nitrogen and oxygen atoms in total. The van der Waals surface area contributed by atoms with E-state index in [1.54, 1.807) is 17.6 Å². The van der Waals surface area contributed by atoms with E-state index in [2.05, 4.69) is 10.3 Å². The van der Waals surface area contributed by atoms with Gasteiger partial charge in [0.05, 0.1) is 18.4 Å². The van der Waals surface area contributed by atoms with Gasteiger partial charge in [-0.3, -0.25) is 4.79 Å². The Bertz CT molecular complexity index is 760. The Morgan fingerprint density at radius 1 is 1.43 bits per heavy atom. The molecule has 0 aliphatic carbocycles. The molecular weight excluding hydrogens is 312 g/mol. The Kier molecular flexibility index (Phi) is 4.62. The van der Waals surface area contributed by atoms with Gasteiger partial charge in [-0.2, -0.15) is 11.3 Å². The van der Waals surface area contributed by atoms with Crippen LogP contribution in [0.15, 0.2) is 44.1 Å². The Hall–Kier alpha value is -2.34. The van der Waals surface area contributed by atoms with Crippen molar-refractivity contribution in [1.82, 2.24) is 10.3 Å². The number of amides is 1. The lowest BCUT2D eigenvalue weighted by Gasteiger charge is -2.11. The summed E-state index contributed by atoms with van der Waals surface area (Å²) in [4.78, 5) is 16.6. The summed E-state index contributed by atoms with van der Waals surface area (Å²) in [6.07, 6.45) is 2.51. The van der Waals surface area contributed by atoms with Crippen molar-refractivity contribution in [2.75, 3.05) is 0 Å². The fraction of sp³-hybridized carbons (Fsp3) is 0.294. The molecule has 3 rings (SSSR count). The van der Waals surface area contributed by atoms with Gasteiger partial charge >= 0.3 is 0 Å². The van der Waals surface area contributed by atoms with Crippen LogP contribution in [-0.2, 0) is 17.6 Å². The van der Waals surface area contributed by atoms with E-state index in [4.69, 9.17) is 8.83 Å². The van der Waals surface area contributed by atoms with Gasteiger partial charge in [0.25, 0.3) is 0 Å². The zero-order chi connectivity index (χ0) is 16.2. The molecule has 0 aliphatic rings. The Morgan fingerprint density at radius 3 is 3.00 bits per heavy atom. The van der Waals surface area contributed by atoms with Crippen LogP contribution in [-0.4, -0.2) is 16.9 Å². The minimum Gasteiger partial charge on any atom is -0.469 e. The zero-order valence-electron chi connectivity index (χ0n) is 13.0. The maximum atomic E-state index is 12.2. The molecule has 0 saturated carbocycles. The molecule has 0 fully saturated rings. The normalized spacial score (nSPS) is 12.3. The number of hydrogen-bond donors (Lipinski definition) is 1. The smallest absolute Gasteiger partial charge is 0.227 e. The molecule has 0 aromatic carbocycles. The predicted molar refractivity (Wildman–Crippen MR) is 88.3 cm³/mol. The molecule has 3 aromatic rings. The van der Waals surface area contributed by atoms with Gasteiger partial charge in [0.2, 0.25) is 11.8 Å². The lowest BCUT2D eigenvalue weighted by molar-refractivity contribution is -0.121. The largest absolute Gasteiger partial charge is 0.469 e. The predicted octanol–water partition coefficient (Wildman–Crippen LogP) is 3.59. The van der Waals surface area contributed by atoms with Crippen LogP contribution in [0, 0.1) is 6.92 Å². The third-order valence-electron chi connectivity index (χ3n) is 3.48. The second-order valence-corrected chi connectivity index (χ2v) is 6.24. The Labute approximate surface area is 138 Å². The third kappa shape index (κ3) is 3.90. The molecule has 3 heterocycles. The molecule has 0 saturated heterocycles. The summed E-state index contributed by atoms with van der Waals surface area (Å²) in [7, 11) is 0. The number of hydrogen-bond acceptors (Lipinski definition) is 5. The summed E-state index contributed by atoms with van der Waals surface area (Å²) in [6, 6.07) is 5.69. The van der Waals surface area contributed by atoms with Crippen LogP contribution in [0.2, 0.25) is 0 Å². The number of furan rings is 1. The second kappa shape index (κ2) is 6.83. The fourth-order valence-electron chi connectivity index (χ4n) is 2.36. The average Bonchev–Trinajstić information content (AvgIpc) is 3.21. The number of thiophene rings is 1. The molecule has 1 atom stereocenters. The highest BCUT2D eigenvalue weighted by atomic mass is 32.1. The van der Waals surface area contributed by atoms with Crippen LogP contribution in [0.25, 0.3) is 11.5 Å². The van der Waals surface area contributed by atoms with Gasteiger partial charge in [-0.05, 0) is 37.4 Å². The first-order chi connectivity index (χ1) is 11.1. The molecule has 0 aliphatic heterocycles. The summed E-state index contributed by atoms with van der Waals surface area (Å²) in [5.41, 5.74) is 1.62.